The summed E-state index contributed by atoms with van der Waals surface area (Å²) in [5.74, 6) is 1.72. The number of hydrogen-bond donors (Lipinski definition) is 1. The van der Waals surface area contributed by atoms with E-state index in [1.54, 1.807) is 0 Å². The van der Waals surface area contributed by atoms with Crippen LogP contribution in [-0.2, 0) is 0 Å². The minimum atomic E-state index is 0.503. The number of nitrogens with two attached hydrogens (primary N) is 1. The molecule has 0 aromatic heterocycles. The van der Waals surface area contributed by atoms with Crippen molar-refractivity contribution in [3.8, 4) is 0 Å². The first-order chi connectivity index (χ1) is 6.54. The zero-order chi connectivity index (χ0) is 10.6. The van der Waals surface area contributed by atoms with E-state index in [4.69, 9.17) is 5.73 Å². The van der Waals surface area contributed by atoms with Gasteiger partial charge in [0.1, 0.15) is 0 Å². The molecule has 1 heteroatoms. The van der Waals surface area contributed by atoms with Crippen LogP contribution in [0.25, 0.3) is 0 Å². The average molecular weight is 195 g/mol. The van der Waals surface area contributed by atoms with Crippen molar-refractivity contribution in [2.75, 3.05) is 6.54 Å². The Morgan fingerprint density at radius 3 is 2.14 bits per heavy atom. The zero-order valence-corrected chi connectivity index (χ0v) is 9.92. The predicted molar refractivity (Wildman–Crippen MR) is 63.1 cm³/mol. The molecule has 1 aliphatic rings. The highest BCUT2D eigenvalue weighted by Gasteiger charge is 2.28. The van der Waals surface area contributed by atoms with Gasteiger partial charge in [0.05, 0.1) is 0 Å². The van der Waals surface area contributed by atoms with Gasteiger partial charge in [0.2, 0.25) is 0 Å². The third kappa shape index (κ3) is 3.45. The SMILES string of the molecule is CC(C)(C)C1CCC(/C=C/CN)CC1. The largest absolute Gasteiger partial charge is 0.327 e. The molecule has 1 aliphatic carbocycles. The van der Waals surface area contributed by atoms with E-state index in [2.05, 4.69) is 32.9 Å². The second kappa shape index (κ2) is 4.97. The smallest absolute Gasteiger partial charge is 0.0106 e. The molecule has 0 aromatic rings. The minimum absolute atomic E-state index is 0.503. The Balaban J connectivity index is 2.35. The van der Waals surface area contributed by atoms with Gasteiger partial charge >= 0.3 is 0 Å². The molecular weight excluding hydrogens is 170 g/mol. The Hall–Kier alpha value is -0.300. The van der Waals surface area contributed by atoms with Gasteiger partial charge in [-0.2, -0.15) is 0 Å². The summed E-state index contributed by atoms with van der Waals surface area (Å²) >= 11 is 0. The number of hydrogen-bond acceptors (Lipinski definition) is 1. The fourth-order valence-electron chi connectivity index (χ4n) is 2.45. The molecule has 0 heterocycles. The molecule has 1 nitrogen and oxygen atoms in total. The molecule has 0 aliphatic heterocycles. The lowest BCUT2D eigenvalue weighted by Crippen LogP contribution is -2.25. The second-order valence-corrected chi connectivity index (χ2v) is 5.64. The number of rotatable bonds is 2. The fourth-order valence-corrected chi connectivity index (χ4v) is 2.45. The molecule has 0 amide bonds. The Kier molecular flexibility index (Phi) is 4.18. The first kappa shape index (κ1) is 11.8. The third-order valence-electron chi connectivity index (χ3n) is 3.54. The van der Waals surface area contributed by atoms with E-state index in [1.165, 1.54) is 25.7 Å². The maximum absolute atomic E-state index is 5.46. The van der Waals surface area contributed by atoms with Crippen molar-refractivity contribution in [2.45, 2.75) is 46.5 Å². The van der Waals surface area contributed by atoms with Gasteiger partial charge in [-0.05, 0) is 42.9 Å². The van der Waals surface area contributed by atoms with E-state index < -0.39 is 0 Å². The van der Waals surface area contributed by atoms with Gasteiger partial charge in [-0.25, -0.2) is 0 Å². The molecule has 0 unspecified atom stereocenters. The molecule has 0 spiro atoms. The molecular formula is C13H25N. The summed E-state index contributed by atoms with van der Waals surface area (Å²) in [6, 6.07) is 0. The van der Waals surface area contributed by atoms with Gasteiger partial charge in [-0.15, -0.1) is 0 Å². The van der Waals surface area contributed by atoms with Crippen LogP contribution in [0.15, 0.2) is 12.2 Å². The molecule has 0 saturated heterocycles. The average Bonchev–Trinajstić information content (AvgIpc) is 2.14. The van der Waals surface area contributed by atoms with Crippen LogP contribution < -0.4 is 5.73 Å². The third-order valence-corrected chi connectivity index (χ3v) is 3.54. The standard InChI is InChI=1S/C13H25N/c1-13(2,3)12-8-6-11(7-9-12)5-4-10-14/h4-5,11-12H,6-10,14H2,1-3H3/b5-4+. The highest BCUT2D eigenvalue weighted by molar-refractivity contribution is 4.92. The van der Waals surface area contributed by atoms with Crippen LogP contribution in [0, 0.1) is 17.3 Å². The van der Waals surface area contributed by atoms with Gasteiger partial charge in [0.15, 0.2) is 0 Å². The van der Waals surface area contributed by atoms with E-state index >= 15 is 0 Å². The van der Waals surface area contributed by atoms with Crippen molar-refractivity contribution >= 4 is 0 Å². The molecule has 82 valence electrons. The summed E-state index contributed by atoms with van der Waals surface area (Å²) in [5, 5.41) is 0. The monoisotopic (exact) mass is 195 g/mol. The van der Waals surface area contributed by atoms with Crippen LogP contribution in [0.5, 0.6) is 0 Å². The van der Waals surface area contributed by atoms with Crippen molar-refractivity contribution in [3.63, 3.8) is 0 Å². The van der Waals surface area contributed by atoms with Gasteiger partial charge in [0, 0.05) is 6.54 Å². The van der Waals surface area contributed by atoms with Crippen molar-refractivity contribution in [1.82, 2.24) is 0 Å². The molecule has 1 saturated carbocycles. The van der Waals surface area contributed by atoms with E-state index in [9.17, 15) is 0 Å². The summed E-state index contributed by atoms with van der Waals surface area (Å²) < 4.78 is 0. The molecule has 1 fully saturated rings. The van der Waals surface area contributed by atoms with Crippen LogP contribution in [0.4, 0.5) is 0 Å². The van der Waals surface area contributed by atoms with Crippen molar-refractivity contribution < 1.29 is 0 Å². The molecule has 14 heavy (non-hydrogen) atoms. The quantitative estimate of drug-likeness (QED) is 0.672. The van der Waals surface area contributed by atoms with Gasteiger partial charge in [-0.1, -0.05) is 32.9 Å². The minimum Gasteiger partial charge on any atom is -0.327 e. The lowest BCUT2D eigenvalue weighted by atomic mass is 9.70. The molecule has 1 rings (SSSR count). The maximum Gasteiger partial charge on any atom is 0.0106 e. The van der Waals surface area contributed by atoms with Gasteiger partial charge in [0.25, 0.3) is 0 Å². The van der Waals surface area contributed by atoms with Crippen LogP contribution >= 0.6 is 0 Å². The summed E-state index contributed by atoms with van der Waals surface area (Å²) in [6.07, 6.45) is 9.93. The highest BCUT2D eigenvalue weighted by atomic mass is 14.5. The second-order valence-electron chi connectivity index (χ2n) is 5.64. The maximum atomic E-state index is 5.46. The van der Waals surface area contributed by atoms with Gasteiger partial charge in [-0.3, -0.25) is 0 Å². The Morgan fingerprint density at radius 1 is 1.14 bits per heavy atom. The lowest BCUT2D eigenvalue weighted by Gasteiger charge is -2.36. The van der Waals surface area contributed by atoms with Crippen molar-refractivity contribution in [2.24, 2.45) is 23.0 Å². The van der Waals surface area contributed by atoms with E-state index in [0.29, 0.717) is 12.0 Å². The predicted octanol–water partition coefficient (Wildman–Crippen LogP) is 3.35. The van der Waals surface area contributed by atoms with Crippen molar-refractivity contribution in [3.05, 3.63) is 12.2 Å². The van der Waals surface area contributed by atoms with Crippen molar-refractivity contribution in [1.29, 1.82) is 0 Å². The Labute approximate surface area is 88.8 Å². The Bertz CT molecular complexity index is 180. The molecule has 0 radical (unpaired) electrons. The topological polar surface area (TPSA) is 26.0 Å². The van der Waals surface area contributed by atoms with E-state index in [-0.39, 0.29) is 0 Å². The molecule has 0 aromatic carbocycles. The summed E-state index contributed by atoms with van der Waals surface area (Å²) in [6.45, 7) is 7.80. The summed E-state index contributed by atoms with van der Waals surface area (Å²) in [5.41, 5.74) is 5.96. The number of allylic oxidation sites excluding steroid dienone is 1. The highest BCUT2D eigenvalue weighted by Crippen LogP contribution is 2.39. The van der Waals surface area contributed by atoms with Crippen LogP contribution in [0.2, 0.25) is 0 Å². The van der Waals surface area contributed by atoms with Crippen LogP contribution in [-0.4, -0.2) is 6.54 Å². The van der Waals surface area contributed by atoms with Gasteiger partial charge < -0.3 is 5.73 Å². The van der Waals surface area contributed by atoms with E-state index in [0.717, 1.165) is 11.8 Å². The van der Waals surface area contributed by atoms with Crippen LogP contribution in [0.1, 0.15) is 46.5 Å². The zero-order valence-electron chi connectivity index (χ0n) is 9.92. The van der Waals surface area contributed by atoms with Crippen LogP contribution in [0.3, 0.4) is 0 Å². The first-order valence-corrected chi connectivity index (χ1v) is 5.90. The summed E-state index contributed by atoms with van der Waals surface area (Å²) in [4.78, 5) is 0. The Morgan fingerprint density at radius 2 is 1.71 bits per heavy atom. The summed E-state index contributed by atoms with van der Waals surface area (Å²) in [7, 11) is 0. The normalized spacial score (nSPS) is 29.7. The first-order valence-electron chi connectivity index (χ1n) is 5.90. The molecule has 2 N–H and O–H groups in total. The van der Waals surface area contributed by atoms with E-state index in [1.807, 2.05) is 0 Å². The molecule has 0 atom stereocenters. The molecule has 0 bridgehead atoms. The lowest BCUT2D eigenvalue weighted by molar-refractivity contribution is 0.163. The fraction of sp³-hybridized carbons (Fsp3) is 0.846.